The number of carbonyl (C=O) groups excluding carboxylic acids is 1. The minimum Gasteiger partial charge on any atom is -0.493 e. The van der Waals surface area contributed by atoms with Crippen molar-refractivity contribution in [2.45, 2.75) is 58.2 Å². The van der Waals surface area contributed by atoms with Crippen LogP contribution in [-0.2, 0) is 22.5 Å². The Hall–Kier alpha value is -2.53. The maximum Gasteiger partial charge on any atom is 0.306 e. The van der Waals surface area contributed by atoms with Crippen molar-refractivity contribution in [2.24, 2.45) is 0 Å². The second kappa shape index (κ2) is 10.9. The van der Waals surface area contributed by atoms with Gasteiger partial charge in [-0.15, -0.1) is 0 Å². The molecule has 158 valence electrons. The van der Waals surface area contributed by atoms with Crippen LogP contribution in [0.4, 0.5) is 0 Å². The van der Waals surface area contributed by atoms with E-state index in [1.54, 1.807) is 14.2 Å². The van der Waals surface area contributed by atoms with Crippen molar-refractivity contribution < 1.29 is 19.0 Å². The van der Waals surface area contributed by atoms with Gasteiger partial charge in [-0.25, -0.2) is 0 Å². The monoisotopic (exact) mass is 399 g/mol. The summed E-state index contributed by atoms with van der Waals surface area (Å²) in [4.78, 5) is 12.2. The molecule has 1 unspecified atom stereocenters. The summed E-state index contributed by atoms with van der Waals surface area (Å²) < 4.78 is 16.2. The number of ether oxygens (including phenoxy) is 3. The lowest BCUT2D eigenvalue weighted by atomic mass is 10.0. The van der Waals surface area contributed by atoms with Crippen molar-refractivity contribution in [3.8, 4) is 11.5 Å². The Labute approximate surface area is 174 Å². The van der Waals surface area contributed by atoms with E-state index in [-0.39, 0.29) is 12.0 Å². The van der Waals surface area contributed by atoms with E-state index in [4.69, 9.17) is 14.2 Å². The number of hydrogen-bond acceptors (Lipinski definition) is 5. The smallest absolute Gasteiger partial charge is 0.306 e. The first kappa shape index (κ1) is 22.8. The Bertz CT molecular complexity index is 768. The number of carbonyl (C=O) groups is 1. The fourth-order valence-electron chi connectivity index (χ4n) is 3.11. The molecule has 29 heavy (non-hydrogen) atoms. The summed E-state index contributed by atoms with van der Waals surface area (Å²) in [6.07, 6.45) is 1.93. The SMILES string of the molecule is COc1ccc(CNC(CCC(=O)OC(C)(C)C)Cc2ccccc2)cc1OC. The normalized spacial score (nSPS) is 12.3. The zero-order valence-corrected chi connectivity index (χ0v) is 18.2. The average molecular weight is 400 g/mol. The van der Waals surface area contributed by atoms with Crippen LogP contribution in [0.25, 0.3) is 0 Å². The van der Waals surface area contributed by atoms with Crippen LogP contribution in [0.3, 0.4) is 0 Å². The molecule has 0 aliphatic heterocycles. The third-order valence-electron chi connectivity index (χ3n) is 4.48. The van der Waals surface area contributed by atoms with Crippen molar-refractivity contribution in [2.75, 3.05) is 14.2 Å². The molecule has 0 bridgehead atoms. The molecule has 0 amide bonds. The van der Waals surface area contributed by atoms with E-state index in [0.29, 0.717) is 30.9 Å². The number of hydrogen-bond donors (Lipinski definition) is 1. The maximum atomic E-state index is 12.2. The van der Waals surface area contributed by atoms with Gasteiger partial charge >= 0.3 is 5.97 Å². The van der Waals surface area contributed by atoms with Gasteiger partial charge in [-0.2, -0.15) is 0 Å². The summed E-state index contributed by atoms with van der Waals surface area (Å²) in [6.45, 7) is 6.34. The molecule has 0 saturated carbocycles. The third kappa shape index (κ3) is 8.16. The number of esters is 1. The van der Waals surface area contributed by atoms with E-state index in [1.807, 2.05) is 57.2 Å². The van der Waals surface area contributed by atoms with Gasteiger partial charge in [0.2, 0.25) is 0 Å². The van der Waals surface area contributed by atoms with Crippen LogP contribution in [-0.4, -0.2) is 31.8 Å². The number of benzene rings is 2. The highest BCUT2D eigenvalue weighted by Gasteiger charge is 2.18. The van der Waals surface area contributed by atoms with Crippen LogP contribution >= 0.6 is 0 Å². The Morgan fingerprint density at radius 2 is 1.66 bits per heavy atom. The largest absolute Gasteiger partial charge is 0.493 e. The summed E-state index contributed by atoms with van der Waals surface area (Å²) >= 11 is 0. The molecule has 0 aromatic heterocycles. The summed E-state index contributed by atoms with van der Waals surface area (Å²) in [6, 6.07) is 16.3. The molecule has 1 atom stereocenters. The highest BCUT2D eigenvalue weighted by molar-refractivity contribution is 5.69. The fraction of sp³-hybridized carbons (Fsp3) is 0.458. The van der Waals surface area contributed by atoms with E-state index in [1.165, 1.54) is 5.56 Å². The van der Waals surface area contributed by atoms with E-state index >= 15 is 0 Å². The predicted octanol–water partition coefficient (Wildman–Crippen LogP) is 4.53. The van der Waals surface area contributed by atoms with E-state index in [9.17, 15) is 4.79 Å². The lowest BCUT2D eigenvalue weighted by Gasteiger charge is -2.22. The summed E-state index contributed by atoms with van der Waals surface area (Å²) in [5.74, 6) is 1.26. The highest BCUT2D eigenvalue weighted by Crippen LogP contribution is 2.27. The summed E-state index contributed by atoms with van der Waals surface area (Å²) in [7, 11) is 3.26. The van der Waals surface area contributed by atoms with E-state index < -0.39 is 5.60 Å². The van der Waals surface area contributed by atoms with Gasteiger partial charge in [-0.1, -0.05) is 36.4 Å². The Kier molecular flexibility index (Phi) is 8.52. The molecule has 0 saturated heterocycles. The van der Waals surface area contributed by atoms with Crippen molar-refractivity contribution >= 4 is 5.97 Å². The molecule has 2 rings (SSSR count). The third-order valence-corrected chi connectivity index (χ3v) is 4.48. The lowest BCUT2D eigenvalue weighted by Crippen LogP contribution is -2.32. The summed E-state index contributed by atoms with van der Waals surface area (Å²) in [5, 5.41) is 3.59. The van der Waals surface area contributed by atoms with Crippen LogP contribution < -0.4 is 14.8 Å². The topological polar surface area (TPSA) is 56.8 Å². The van der Waals surface area contributed by atoms with Crippen molar-refractivity contribution in [3.63, 3.8) is 0 Å². The zero-order valence-electron chi connectivity index (χ0n) is 18.2. The van der Waals surface area contributed by atoms with Gasteiger partial charge in [0.1, 0.15) is 5.60 Å². The minimum atomic E-state index is -0.459. The molecular weight excluding hydrogens is 366 g/mol. The molecule has 5 nitrogen and oxygen atoms in total. The Morgan fingerprint density at radius 1 is 0.966 bits per heavy atom. The van der Waals surface area contributed by atoms with Gasteiger partial charge in [0.15, 0.2) is 11.5 Å². The van der Waals surface area contributed by atoms with Crippen molar-refractivity contribution in [1.82, 2.24) is 5.32 Å². The second-order valence-corrected chi connectivity index (χ2v) is 8.08. The van der Waals surface area contributed by atoms with Crippen LogP contribution in [0.2, 0.25) is 0 Å². The molecule has 5 heteroatoms. The lowest BCUT2D eigenvalue weighted by molar-refractivity contribution is -0.155. The fourth-order valence-corrected chi connectivity index (χ4v) is 3.11. The number of methoxy groups -OCH3 is 2. The Balaban J connectivity index is 2.02. The van der Waals surface area contributed by atoms with Gasteiger partial charge in [-0.3, -0.25) is 4.79 Å². The molecule has 0 heterocycles. The summed E-state index contributed by atoms with van der Waals surface area (Å²) in [5.41, 5.74) is 1.87. The quantitative estimate of drug-likeness (QED) is 0.595. The van der Waals surface area contributed by atoms with Crippen LogP contribution in [0, 0.1) is 0 Å². The number of rotatable bonds is 10. The van der Waals surface area contributed by atoms with Gasteiger partial charge in [-0.05, 0) is 56.9 Å². The van der Waals surface area contributed by atoms with Crippen molar-refractivity contribution in [3.05, 3.63) is 59.7 Å². The van der Waals surface area contributed by atoms with Gasteiger partial charge in [0, 0.05) is 19.0 Å². The highest BCUT2D eigenvalue weighted by atomic mass is 16.6. The molecule has 2 aromatic carbocycles. The second-order valence-electron chi connectivity index (χ2n) is 8.08. The molecular formula is C24H33NO4. The van der Waals surface area contributed by atoms with Gasteiger partial charge < -0.3 is 19.5 Å². The first-order chi connectivity index (χ1) is 13.8. The van der Waals surface area contributed by atoms with Gasteiger partial charge in [0.25, 0.3) is 0 Å². The first-order valence-corrected chi connectivity index (χ1v) is 10.0. The zero-order chi connectivity index (χ0) is 21.3. The van der Waals surface area contributed by atoms with Crippen LogP contribution in [0.15, 0.2) is 48.5 Å². The number of nitrogens with one attached hydrogen (secondary N) is 1. The molecule has 0 aliphatic carbocycles. The molecule has 2 aromatic rings. The molecule has 0 fully saturated rings. The van der Waals surface area contributed by atoms with Gasteiger partial charge in [0.05, 0.1) is 14.2 Å². The molecule has 0 spiro atoms. The standard InChI is InChI=1S/C24H33NO4/c1-24(2,3)29-23(26)14-12-20(15-18-9-7-6-8-10-18)25-17-19-11-13-21(27-4)22(16-19)28-5/h6-11,13,16,20,25H,12,14-15,17H2,1-5H3. The molecule has 1 N–H and O–H groups in total. The first-order valence-electron chi connectivity index (χ1n) is 10.0. The van der Waals surface area contributed by atoms with Crippen molar-refractivity contribution in [1.29, 1.82) is 0 Å². The Morgan fingerprint density at radius 3 is 2.28 bits per heavy atom. The molecule has 0 radical (unpaired) electrons. The predicted molar refractivity (Wildman–Crippen MR) is 115 cm³/mol. The van der Waals surface area contributed by atoms with E-state index in [2.05, 4.69) is 17.4 Å². The minimum absolute atomic E-state index is 0.151. The van der Waals surface area contributed by atoms with Crippen LogP contribution in [0.1, 0.15) is 44.7 Å². The molecule has 0 aliphatic rings. The maximum absolute atomic E-state index is 12.2. The van der Waals surface area contributed by atoms with E-state index in [0.717, 1.165) is 12.0 Å². The van der Waals surface area contributed by atoms with Crippen LogP contribution in [0.5, 0.6) is 11.5 Å². The average Bonchev–Trinajstić information content (AvgIpc) is 2.69.